The number of amides is 1. The maximum absolute atomic E-state index is 12.2. The van der Waals surface area contributed by atoms with Crippen LogP contribution in [0, 0.1) is 0 Å². The van der Waals surface area contributed by atoms with Crippen molar-refractivity contribution in [2.45, 2.75) is 19.1 Å². The number of carbonyl (C=O) groups is 1. The van der Waals surface area contributed by atoms with E-state index < -0.39 is 0 Å². The van der Waals surface area contributed by atoms with E-state index in [9.17, 15) is 4.79 Å². The largest absolute Gasteiger partial charge is 0.469 e. The van der Waals surface area contributed by atoms with Crippen molar-refractivity contribution >= 4 is 5.91 Å². The van der Waals surface area contributed by atoms with Gasteiger partial charge in [-0.05, 0) is 6.42 Å². The lowest BCUT2D eigenvalue weighted by molar-refractivity contribution is 0.0293. The van der Waals surface area contributed by atoms with Gasteiger partial charge in [0.15, 0.2) is 17.7 Å². The molecule has 3 heterocycles. The van der Waals surface area contributed by atoms with Crippen LogP contribution in [0.3, 0.4) is 0 Å². The highest BCUT2D eigenvalue weighted by Gasteiger charge is 2.38. The van der Waals surface area contributed by atoms with E-state index in [1.165, 1.54) is 0 Å². The van der Waals surface area contributed by atoms with Gasteiger partial charge in [-0.2, -0.15) is 0 Å². The second-order valence-electron chi connectivity index (χ2n) is 4.41. The highest BCUT2D eigenvalue weighted by Crippen LogP contribution is 2.42. The van der Waals surface area contributed by atoms with Crippen molar-refractivity contribution in [1.29, 1.82) is 0 Å². The van der Waals surface area contributed by atoms with Crippen molar-refractivity contribution in [1.82, 2.24) is 4.90 Å². The molecule has 4 rings (SSSR count). The lowest BCUT2D eigenvalue weighted by Crippen LogP contribution is -2.42. The average Bonchev–Trinajstić information content (AvgIpc) is 2.94. The molecule has 1 saturated heterocycles. The molecule has 0 saturated carbocycles. The van der Waals surface area contributed by atoms with Crippen molar-refractivity contribution in [3.8, 4) is 17.2 Å². The Kier molecular flexibility index (Phi) is 1.65. The fourth-order valence-electron chi connectivity index (χ4n) is 2.58. The second kappa shape index (κ2) is 3.06. The zero-order valence-electron chi connectivity index (χ0n) is 9.14. The van der Waals surface area contributed by atoms with Gasteiger partial charge < -0.3 is 19.1 Å². The molecule has 0 bridgehead atoms. The highest BCUT2D eigenvalue weighted by atomic mass is 16.7. The standard InChI is InChI=1S/C12H11NO4/c14-12-7-4-9-10(16-6-15-9)5-8(7)17-11-2-1-3-13(11)12/h4-5,11H,1-3,6H2. The highest BCUT2D eigenvalue weighted by molar-refractivity contribution is 5.99. The predicted octanol–water partition coefficient (Wildman–Crippen LogP) is 1.37. The van der Waals surface area contributed by atoms with E-state index in [0.717, 1.165) is 19.4 Å². The van der Waals surface area contributed by atoms with E-state index >= 15 is 0 Å². The summed E-state index contributed by atoms with van der Waals surface area (Å²) in [5.41, 5.74) is 0.576. The number of hydrogen-bond donors (Lipinski definition) is 0. The molecule has 0 spiro atoms. The summed E-state index contributed by atoms with van der Waals surface area (Å²) in [7, 11) is 0. The summed E-state index contributed by atoms with van der Waals surface area (Å²) in [4.78, 5) is 14.0. The van der Waals surface area contributed by atoms with Crippen LogP contribution in [0.2, 0.25) is 0 Å². The number of rotatable bonds is 0. The van der Waals surface area contributed by atoms with Gasteiger partial charge in [-0.15, -0.1) is 0 Å². The number of hydrogen-bond acceptors (Lipinski definition) is 4. The minimum atomic E-state index is -0.102. The van der Waals surface area contributed by atoms with Gasteiger partial charge in [0.25, 0.3) is 5.91 Å². The van der Waals surface area contributed by atoms with Crippen LogP contribution in [0.15, 0.2) is 12.1 Å². The molecule has 5 nitrogen and oxygen atoms in total. The molecule has 3 aliphatic heterocycles. The molecule has 1 aromatic rings. The first kappa shape index (κ1) is 9.15. The number of nitrogens with zero attached hydrogens (tertiary/aromatic N) is 1. The molecule has 0 radical (unpaired) electrons. The van der Waals surface area contributed by atoms with Gasteiger partial charge >= 0.3 is 0 Å². The normalized spacial score (nSPS) is 24.4. The smallest absolute Gasteiger partial charge is 0.260 e. The first-order valence-electron chi connectivity index (χ1n) is 5.74. The van der Waals surface area contributed by atoms with Gasteiger partial charge in [-0.3, -0.25) is 4.79 Å². The summed E-state index contributed by atoms with van der Waals surface area (Å²) in [6, 6.07) is 3.47. The molecule has 0 N–H and O–H groups in total. The SMILES string of the molecule is O=C1c2cc3c(cc2OC2CCCN12)OCO3. The van der Waals surface area contributed by atoms with Gasteiger partial charge in [-0.25, -0.2) is 0 Å². The summed E-state index contributed by atoms with van der Waals surface area (Å²) in [5.74, 6) is 1.93. The van der Waals surface area contributed by atoms with Crippen molar-refractivity contribution < 1.29 is 19.0 Å². The molecule has 17 heavy (non-hydrogen) atoms. The first-order valence-corrected chi connectivity index (χ1v) is 5.74. The molecule has 3 aliphatic rings. The Balaban J connectivity index is 1.84. The monoisotopic (exact) mass is 233 g/mol. The third-order valence-corrected chi connectivity index (χ3v) is 3.43. The number of benzene rings is 1. The molecule has 0 aliphatic carbocycles. The molecule has 5 heteroatoms. The lowest BCUT2D eigenvalue weighted by atomic mass is 10.1. The molecule has 1 fully saturated rings. The average molecular weight is 233 g/mol. The topological polar surface area (TPSA) is 48.0 Å². The van der Waals surface area contributed by atoms with Gasteiger partial charge in [0.05, 0.1) is 5.56 Å². The Morgan fingerprint density at radius 3 is 2.88 bits per heavy atom. The van der Waals surface area contributed by atoms with Crippen LogP contribution in [0.1, 0.15) is 23.2 Å². The zero-order chi connectivity index (χ0) is 11.4. The van der Waals surface area contributed by atoms with Crippen molar-refractivity contribution in [2.24, 2.45) is 0 Å². The quantitative estimate of drug-likeness (QED) is 0.679. The Morgan fingerprint density at radius 1 is 1.18 bits per heavy atom. The van der Waals surface area contributed by atoms with Crippen LogP contribution in [-0.2, 0) is 0 Å². The molecular formula is C12H11NO4. The number of fused-ring (bicyclic) bond motifs is 3. The summed E-state index contributed by atoms with van der Waals surface area (Å²) in [6.07, 6.45) is 1.80. The van der Waals surface area contributed by atoms with Crippen LogP contribution in [0.25, 0.3) is 0 Å². The second-order valence-corrected chi connectivity index (χ2v) is 4.41. The van der Waals surface area contributed by atoms with Gasteiger partial charge in [0.1, 0.15) is 5.75 Å². The van der Waals surface area contributed by atoms with E-state index in [0.29, 0.717) is 22.8 Å². The van der Waals surface area contributed by atoms with Gasteiger partial charge in [-0.1, -0.05) is 0 Å². The summed E-state index contributed by atoms with van der Waals surface area (Å²) >= 11 is 0. The molecule has 1 amide bonds. The zero-order valence-corrected chi connectivity index (χ0v) is 9.14. The molecule has 1 atom stereocenters. The summed E-state index contributed by atoms with van der Waals surface area (Å²) in [6.45, 7) is 0.983. The Hall–Kier alpha value is -1.91. The van der Waals surface area contributed by atoms with E-state index in [1.807, 2.05) is 0 Å². The van der Waals surface area contributed by atoms with Gasteiger partial charge in [0.2, 0.25) is 6.79 Å². The third-order valence-electron chi connectivity index (χ3n) is 3.43. The van der Waals surface area contributed by atoms with Crippen LogP contribution in [-0.4, -0.2) is 30.4 Å². The molecule has 0 aromatic heterocycles. The van der Waals surface area contributed by atoms with Crippen LogP contribution in [0.5, 0.6) is 17.2 Å². The van der Waals surface area contributed by atoms with E-state index in [1.54, 1.807) is 17.0 Å². The molecule has 1 unspecified atom stereocenters. The predicted molar refractivity (Wildman–Crippen MR) is 57.3 cm³/mol. The van der Waals surface area contributed by atoms with E-state index in [-0.39, 0.29) is 18.9 Å². The molecule has 88 valence electrons. The lowest BCUT2D eigenvalue weighted by Gasteiger charge is -2.31. The minimum absolute atomic E-state index is 0.0343. The molecule has 1 aromatic carbocycles. The van der Waals surface area contributed by atoms with E-state index in [2.05, 4.69) is 0 Å². The fourth-order valence-corrected chi connectivity index (χ4v) is 2.58. The van der Waals surface area contributed by atoms with Crippen molar-refractivity contribution in [2.75, 3.05) is 13.3 Å². The van der Waals surface area contributed by atoms with Crippen molar-refractivity contribution in [3.05, 3.63) is 17.7 Å². The van der Waals surface area contributed by atoms with Crippen LogP contribution < -0.4 is 14.2 Å². The number of ether oxygens (including phenoxy) is 3. The Morgan fingerprint density at radius 2 is 2.00 bits per heavy atom. The van der Waals surface area contributed by atoms with Crippen LogP contribution in [0.4, 0.5) is 0 Å². The van der Waals surface area contributed by atoms with Gasteiger partial charge in [0, 0.05) is 25.1 Å². The third kappa shape index (κ3) is 1.16. The first-order chi connectivity index (χ1) is 8.33. The molecular weight excluding hydrogens is 222 g/mol. The minimum Gasteiger partial charge on any atom is -0.469 e. The number of carbonyl (C=O) groups excluding carboxylic acids is 1. The Bertz CT molecular complexity index is 513. The maximum Gasteiger partial charge on any atom is 0.260 e. The summed E-state index contributed by atoms with van der Waals surface area (Å²) in [5, 5.41) is 0. The Labute approximate surface area is 97.9 Å². The van der Waals surface area contributed by atoms with Crippen molar-refractivity contribution in [3.63, 3.8) is 0 Å². The maximum atomic E-state index is 12.2. The summed E-state index contributed by atoms with van der Waals surface area (Å²) < 4.78 is 16.4. The fraction of sp³-hybridized carbons (Fsp3) is 0.417. The van der Waals surface area contributed by atoms with E-state index in [4.69, 9.17) is 14.2 Å². The van der Waals surface area contributed by atoms with Crippen LogP contribution >= 0.6 is 0 Å².